The van der Waals surface area contributed by atoms with E-state index in [1.807, 2.05) is 0 Å². The fraction of sp³-hybridized carbons (Fsp3) is 0.364. The van der Waals surface area contributed by atoms with Gasteiger partial charge in [0, 0.05) is 12.7 Å². The number of hydrogen-bond donors (Lipinski definition) is 1. The summed E-state index contributed by atoms with van der Waals surface area (Å²) in [4.78, 5) is 11.7. The number of benzene rings is 1. The van der Waals surface area contributed by atoms with Crippen LogP contribution in [0.2, 0.25) is 0 Å². The summed E-state index contributed by atoms with van der Waals surface area (Å²) in [5.74, 6) is -0.794. The molecular weight excluding hydrogens is 199 g/mol. The summed E-state index contributed by atoms with van der Waals surface area (Å²) >= 11 is 0. The van der Waals surface area contributed by atoms with Crippen molar-refractivity contribution < 1.29 is 19.0 Å². The van der Waals surface area contributed by atoms with Crippen LogP contribution in [0.1, 0.15) is 17.3 Å². The molecule has 1 aromatic carbocycles. The third kappa shape index (κ3) is 2.40. The summed E-state index contributed by atoms with van der Waals surface area (Å²) in [6, 6.07) is 7.95. The Labute approximate surface area is 87.5 Å². The van der Waals surface area contributed by atoms with Crippen LogP contribution in [-0.4, -0.2) is 30.0 Å². The number of ketones is 1. The minimum absolute atomic E-state index is 0.207. The summed E-state index contributed by atoms with van der Waals surface area (Å²) < 4.78 is 18.3. The van der Waals surface area contributed by atoms with E-state index in [0.717, 1.165) is 14.0 Å². The zero-order chi connectivity index (χ0) is 11.5. The summed E-state index contributed by atoms with van der Waals surface area (Å²) in [5.41, 5.74) is -2.23. The Hall–Kier alpha value is -1.26. The van der Waals surface area contributed by atoms with E-state index in [1.54, 1.807) is 18.2 Å². The smallest absolute Gasteiger partial charge is 0.220 e. The molecule has 15 heavy (non-hydrogen) atoms. The molecule has 0 heterocycles. The SMILES string of the molecule is CO[C@H](O)[C@@](C)(F)C(=O)c1ccccc1. The van der Waals surface area contributed by atoms with Crippen LogP contribution in [0.25, 0.3) is 0 Å². The summed E-state index contributed by atoms with van der Waals surface area (Å²) in [6.07, 6.45) is -1.76. The van der Waals surface area contributed by atoms with E-state index in [2.05, 4.69) is 4.74 Å². The Balaban J connectivity index is 2.94. The molecule has 0 aliphatic carbocycles. The van der Waals surface area contributed by atoms with Crippen molar-refractivity contribution >= 4 is 5.78 Å². The molecular formula is C11H13FO3. The second kappa shape index (κ2) is 4.51. The maximum absolute atomic E-state index is 13.8. The Morgan fingerprint density at radius 3 is 2.47 bits per heavy atom. The van der Waals surface area contributed by atoms with Gasteiger partial charge in [-0.15, -0.1) is 0 Å². The van der Waals surface area contributed by atoms with Gasteiger partial charge in [0.2, 0.25) is 11.5 Å². The lowest BCUT2D eigenvalue weighted by atomic mass is 9.96. The lowest BCUT2D eigenvalue weighted by Crippen LogP contribution is -2.43. The topological polar surface area (TPSA) is 46.5 Å². The lowest BCUT2D eigenvalue weighted by Gasteiger charge is -2.23. The van der Waals surface area contributed by atoms with Crippen LogP contribution in [-0.2, 0) is 4.74 Å². The van der Waals surface area contributed by atoms with E-state index in [4.69, 9.17) is 0 Å². The van der Waals surface area contributed by atoms with E-state index < -0.39 is 17.7 Å². The Morgan fingerprint density at radius 1 is 1.47 bits per heavy atom. The van der Waals surface area contributed by atoms with Gasteiger partial charge in [-0.3, -0.25) is 4.79 Å². The van der Waals surface area contributed by atoms with Crippen molar-refractivity contribution in [2.24, 2.45) is 0 Å². The molecule has 0 aliphatic heterocycles. The first kappa shape index (κ1) is 11.8. The molecule has 4 heteroatoms. The Kier molecular flexibility index (Phi) is 3.55. The average molecular weight is 212 g/mol. The Morgan fingerprint density at radius 2 is 2.00 bits per heavy atom. The number of ether oxygens (including phenoxy) is 1. The first-order chi connectivity index (χ1) is 7.00. The molecule has 0 saturated carbocycles. The highest BCUT2D eigenvalue weighted by atomic mass is 19.1. The average Bonchev–Trinajstić information content (AvgIpc) is 2.28. The lowest BCUT2D eigenvalue weighted by molar-refractivity contribution is -0.143. The highest BCUT2D eigenvalue weighted by Crippen LogP contribution is 2.22. The van der Waals surface area contributed by atoms with Crippen molar-refractivity contribution in [2.75, 3.05) is 7.11 Å². The summed E-state index contributed by atoms with van der Waals surface area (Å²) in [6.45, 7) is 0.997. The van der Waals surface area contributed by atoms with Crippen LogP contribution in [0.3, 0.4) is 0 Å². The van der Waals surface area contributed by atoms with Gasteiger partial charge in [-0.25, -0.2) is 4.39 Å². The van der Waals surface area contributed by atoms with E-state index >= 15 is 0 Å². The van der Waals surface area contributed by atoms with E-state index in [1.165, 1.54) is 12.1 Å². The van der Waals surface area contributed by atoms with Crippen LogP contribution in [0.5, 0.6) is 0 Å². The number of hydrogen-bond acceptors (Lipinski definition) is 3. The molecule has 0 saturated heterocycles. The van der Waals surface area contributed by atoms with Crippen molar-refractivity contribution in [3.8, 4) is 0 Å². The van der Waals surface area contributed by atoms with Gasteiger partial charge in [0.1, 0.15) is 0 Å². The van der Waals surface area contributed by atoms with Gasteiger partial charge in [0.25, 0.3) is 0 Å². The van der Waals surface area contributed by atoms with E-state index in [-0.39, 0.29) is 5.56 Å². The highest BCUT2D eigenvalue weighted by molar-refractivity contribution is 6.02. The predicted molar refractivity (Wildman–Crippen MR) is 53.3 cm³/mol. The zero-order valence-corrected chi connectivity index (χ0v) is 8.61. The number of halogens is 1. The quantitative estimate of drug-likeness (QED) is 0.608. The molecule has 0 aliphatic rings. The third-order valence-electron chi connectivity index (χ3n) is 2.17. The van der Waals surface area contributed by atoms with Gasteiger partial charge in [-0.2, -0.15) is 0 Å². The third-order valence-corrected chi connectivity index (χ3v) is 2.17. The largest absolute Gasteiger partial charge is 0.365 e. The number of Topliss-reactive ketones (excluding diaryl/α,β-unsaturated/α-hetero) is 1. The fourth-order valence-corrected chi connectivity index (χ4v) is 1.21. The standard InChI is InChI=1S/C11H13FO3/c1-11(12,10(14)15-2)9(13)8-6-4-3-5-7-8/h3-7,10,14H,1-2H3/t10-,11-/m0/s1. The second-order valence-corrected chi connectivity index (χ2v) is 3.36. The molecule has 1 aromatic rings. The zero-order valence-electron chi connectivity index (χ0n) is 8.61. The monoisotopic (exact) mass is 212 g/mol. The summed E-state index contributed by atoms with van der Waals surface area (Å²) in [5, 5.41) is 9.20. The molecule has 1 N–H and O–H groups in total. The fourth-order valence-electron chi connectivity index (χ4n) is 1.21. The maximum atomic E-state index is 13.8. The maximum Gasteiger partial charge on any atom is 0.220 e. The van der Waals surface area contributed by atoms with E-state index in [9.17, 15) is 14.3 Å². The van der Waals surface area contributed by atoms with Crippen LogP contribution in [0.15, 0.2) is 30.3 Å². The van der Waals surface area contributed by atoms with Gasteiger partial charge in [0.05, 0.1) is 0 Å². The van der Waals surface area contributed by atoms with Crippen LogP contribution >= 0.6 is 0 Å². The van der Waals surface area contributed by atoms with Crippen molar-refractivity contribution in [3.63, 3.8) is 0 Å². The molecule has 3 nitrogen and oxygen atoms in total. The van der Waals surface area contributed by atoms with Gasteiger partial charge in [-0.1, -0.05) is 30.3 Å². The van der Waals surface area contributed by atoms with Crippen LogP contribution in [0, 0.1) is 0 Å². The first-order valence-corrected chi connectivity index (χ1v) is 4.49. The van der Waals surface area contributed by atoms with Crippen molar-refractivity contribution in [3.05, 3.63) is 35.9 Å². The minimum atomic E-state index is -2.43. The number of methoxy groups -OCH3 is 1. The Bertz CT molecular complexity index is 335. The number of aliphatic hydroxyl groups is 1. The first-order valence-electron chi connectivity index (χ1n) is 4.49. The molecule has 0 radical (unpaired) electrons. The van der Waals surface area contributed by atoms with Crippen molar-refractivity contribution in [2.45, 2.75) is 18.9 Å². The molecule has 0 spiro atoms. The van der Waals surface area contributed by atoms with Gasteiger partial charge < -0.3 is 9.84 Å². The number of carbonyl (C=O) groups excluding carboxylic acids is 1. The molecule has 0 amide bonds. The van der Waals surface area contributed by atoms with Crippen LogP contribution < -0.4 is 0 Å². The normalized spacial score (nSPS) is 16.8. The molecule has 2 atom stereocenters. The van der Waals surface area contributed by atoms with Gasteiger partial charge in [-0.05, 0) is 6.92 Å². The van der Waals surface area contributed by atoms with Crippen molar-refractivity contribution in [1.82, 2.24) is 0 Å². The molecule has 1 rings (SSSR count). The second-order valence-electron chi connectivity index (χ2n) is 3.36. The minimum Gasteiger partial charge on any atom is -0.365 e. The number of rotatable bonds is 4. The summed E-state index contributed by atoms with van der Waals surface area (Å²) in [7, 11) is 1.14. The number of carbonyl (C=O) groups is 1. The van der Waals surface area contributed by atoms with Gasteiger partial charge in [0.15, 0.2) is 6.29 Å². The van der Waals surface area contributed by atoms with Crippen LogP contribution in [0.4, 0.5) is 4.39 Å². The molecule has 0 bridgehead atoms. The van der Waals surface area contributed by atoms with E-state index in [0.29, 0.717) is 0 Å². The number of alkyl halides is 1. The molecule has 0 aromatic heterocycles. The van der Waals surface area contributed by atoms with Crippen molar-refractivity contribution in [1.29, 1.82) is 0 Å². The molecule has 82 valence electrons. The number of aliphatic hydroxyl groups excluding tert-OH is 1. The highest BCUT2D eigenvalue weighted by Gasteiger charge is 2.41. The molecule has 0 fully saturated rings. The van der Waals surface area contributed by atoms with Gasteiger partial charge >= 0.3 is 0 Å². The predicted octanol–water partition coefficient (Wildman–Crippen LogP) is 1.56. The molecule has 0 unspecified atom stereocenters.